The van der Waals surface area contributed by atoms with E-state index in [1.54, 1.807) is 0 Å². The molecule has 0 saturated heterocycles. The summed E-state index contributed by atoms with van der Waals surface area (Å²) in [5, 5.41) is 0. The van der Waals surface area contributed by atoms with Gasteiger partial charge in [0.05, 0.1) is 11.8 Å². The molecule has 0 rings (SSSR count). The van der Waals surface area contributed by atoms with Crippen molar-refractivity contribution in [2.75, 3.05) is 25.0 Å². The van der Waals surface area contributed by atoms with Crippen LogP contribution in [0.3, 0.4) is 0 Å². The first-order valence-corrected chi connectivity index (χ1v) is 7.03. The Hall–Kier alpha value is -1.14. The SMILES string of the molecule is O=C(CCl)COC(=O)CCCCC(=O)OCC(=O)CCl. The fourth-order valence-corrected chi connectivity index (χ4v) is 1.24. The zero-order valence-corrected chi connectivity index (χ0v) is 12.4. The van der Waals surface area contributed by atoms with E-state index >= 15 is 0 Å². The minimum absolute atomic E-state index is 0.101. The summed E-state index contributed by atoms with van der Waals surface area (Å²) in [6.45, 7) is -0.657. The average molecular weight is 327 g/mol. The lowest BCUT2D eigenvalue weighted by Crippen LogP contribution is -2.15. The van der Waals surface area contributed by atoms with E-state index in [-0.39, 0.29) is 49.4 Å². The highest BCUT2D eigenvalue weighted by atomic mass is 35.5. The van der Waals surface area contributed by atoms with Crippen LogP contribution in [-0.4, -0.2) is 48.5 Å². The van der Waals surface area contributed by atoms with E-state index in [0.717, 1.165) is 0 Å². The number of esters is 2. The molecule has 0 saturated carbocycles. The molecule has 8 heteroatoms. The van der Waals surface area contributed by atoms with Gasteiger partial charge in [-0.2, -0.15) is 0 Å². The maximum atomic E-state index is 11.2. The molecule has 0 aliphatic carbocycles. The number of unbranched alkanes of at least 4 members (excludes halogenated alkanes) is 1. The van der Waals surface area contributed by atoms with Crippen molar-refractivity contribution in [2.45, 2.75) is 25.7 Å². The van der Waals surface area contributed by atoms with Gasteiger partial charge in [0.1, 0.15) is 0 Å². The average Bonchev–Trinajstić information content (AvgIpc) is 2.46. The second-order valence-electron chi connectivity index (χ2n) is 3.87. The van der Waals surface area contributed by atoms with Crippen LogP contribution in [0.2, 0.25) is 0 Å². The largest absolute Gasteiger partial charge is 0.458 e. The second-order valence-corrected chi connectivity index (χ2v) is 4.41. The molecule has 0 amide bonds. The van der Waals surface area contributed by atoms with Gasteiger partial charge in [0, 0.05) is 12.8 Å². The van der Waals surface area contributed by atoms with Crippen LogP contribution in [0.1, 0.15) is 25.7 Å². The van der Waals surface area contributed by atoms with E-state index in [9.17, 15) is 19.2 Å². The summed E-state index contributed by atoms with van der Waals surface area (Å²) >= 11 is 10.5. The number of halogens is 2. The number of carbonyl (C=O) groups excluding carboxylic acids is 4. The molecule has 0 aromatic heterocycles. The van der Waals surface area contributed by atoms with Crippen molar-refractivity contribution < 1.29 is 28.7 Å². The molecule has 0 aromatic carbocycles. The Labute approximate surface area is 126 Å². The van der Waals surface area contributed by atoms with E-state index in [1.165, 1.54) is 0 Å². The van der Waals surface area contributed by atoms with E-state index in [4.69, 9.17) is 23.2 Å². The highest BCUT2D eigenvalue weighted by Gasteiger charge is 2.09. The monoisotopic (exact) mass is 326 g/mol. The fourth-order valence-electron chi connectivity index (χ4n) is 1.08. The van der Waals surface area contributed by atoms with Gasteiger partial charge in [0.2, 0.25) is 0 Å². The predicted molar refractivity (Wildman–Crippen MR) is 71.8 cm³/mol. The molecule has 0 N–H and O–H groups in total. The molecule has 0 aliphatic rings. The Morgan fingerprint density at radius 1 is 0.700 bits per heavy atom. The minimum atomic E-state index is -0.519. The number of hydrogen-bond donors (Lipinski definition) is 0. The molecule has 0 heterocycles. The first-order chi connectivity index (χ1) is 9.49. The smallest absolute Gasteiger partial charge is 0.306 e. The van der Waals surface area contributed by atoms with Crippen LogP contribution in [0.15, 0.2) is 0 Å². The van der Waals surface area contributed by atoms with Crippen LogP contribution in [0, 0.1) is 0 Å². The van der Waals surface area contributed by atoms with Gasteiger partial charge in [-0.25, -0.2) is 0 Å². The van der Waals surface area contributed by atoms with Gasteiger partial charge in [0.25, 0.3) is 0 Å². The summed E-state index contributed by atoms with van der Waals surface area (Å²) in [5.74, 6) is -2.16. The summed E-state index contributed by atoms with van der Waals surface area (Å²) < 4.78 is 9.29. The van der Waals surface area contributed by atoms with Crippen molar-refractivity contribution in [1.82, 2.24) is 0 Å². The summed E-state index contributed by atoms with van der Waals surface area (Å²) in [4.78, 5) is 43.9. The molecule has 6 nitrogen and oxygen atoms in total. The molecule has 0 radical (unpaired) electrons. The van der Waals surface area contributed by atoms with Crippen LogP contribution >= 0.6 is 23.2 Å². The molecular formula is C12H16Cl2O6. The number of ketones is 2. The van der Waals surface area contributed by atoms with Gasteiger partial charge in [-0.3, -0.25) is 19.2 Å². The quantitative estimate of drug-likeness (QED) is 0.322. The lowest BCUT2D eigenvalue weighted by molar-refractivity contribution is -0.148. The van der Waals surface area contributed by atoms with Gasteiger partial charge in [-0.15, -0.1) is 23.2 Å². The molecule has 0 bridgehead atoms. The molecule has 0 aliphatic heterocycles. The molecule has 0 fully saturated rings. The number of hydrogen-bond acceptors (Lipinski definition) is 6. The van der Waals surface area contributed by atoms with Gasteiger partial charge >= 0.3 is 11.9 Å². The van der Waals surface area contributed by atoms with Crippen molar-refractivity contribution in [3.63, 3.8) is 0 Å². The van der Waals surface area contributed by atoms with Crippen molar-refractivity contribution in [3.8, 4) is 0 Å². The molecule has 20 heavy (non-hydrogen) atoms. The standard InChI is InChI=1S/C12H16Cl2O6/c13-5-9(15)7-19-11(17)3-1-2-4-12(18)20-8-10(16)6-14/h1-8H2. The third kappa shape index (κ3) is 10.8. The van der Waals surface area contributed by atoms with Gasteiger partial charge in [-0.1, -0.05) is 0 Å². The first-order valence-electron chi connectivity index (χ1n) is 5.96. The lowest BCUT2D eigenvalue weighted by Gasteiger charge is -2.04. The van der Waals surface area contributed by atoms with Crippen molar-refractivity contribution in [3.05, 3.63) is 0 Å². The maximum Gasteiger partial charge on any atom is 0.306 e. The van der Waals surface area contributed by atoms with Crippen LogP contribution in [0.4, 0.5) is 0 Å². The molecule has 0 spiro atoms. The van der Waals surface area contributed by atoms with Gasteiger partial charge in [0.15, 0.2) is 24.8 Å². The molecule has 0 atom stereocenters. The van der Waals surface area contributed by atoms with E-state index in [0.29, 0.717) is 12.8 Å². The normalized spacial score (nSPS) is 9.90. The Bertz CT molecular complexity index is 322. The zero-order chi connectivity index (χ0) is 15.4. The van der Waals surface area contributed by atoms with Crippen LogP contribution < -0.4 is 0 Å². The van der Waals surface area contributed by atoms with Gasteiger partial charge < -0.3 is 9.47 Å². The highest BCUT2D eigenvalue weighted by molar-refractivity contribution is 6.28. The second kappa shape index (κ2) is 11.7. The Balaban J connectivity index is 3.55. The van der Waals surface area contributed by atoms with E-state index < -0.39 is 11.9 Å². The molecular weight excluding hydrogens is 311 g/mol. The minimum Gasteiger partial charge on any atom is -0.458 e. The van der Waals surface area contributed by atoms with Crippen LogP contribution in [0.5, 0.6) is 0 Å². The summed E-state index contributed by atoms with van der Waals surface area (Å²) in [6, 6.07) is 0. The van der Waals surface area contributed by atoms with Crippen molar-refractivity contribution in [2.24, 2.45) is 0 Å². The Kier molecular flexibility index (Phi) is 11.0. The van der Waals surface area contributed by atoms with E-state index in [1.807, 2.05) is 0 Å². The topological polar surface area (TPSA) is 86.7 Å². The zero-order valence-electron chi connectivity index (χ0n) is 10.9. The number of rotatable bonds is 11. The molecule has 0 unspecified atom stereocenters. The number of carbonyl (C=O) groups is 4. The summed E-state index contributed by atoms with van der Waals surface area (Å²) in [5.41, 5.74) is 0. The Morgan fingerprint density at radius 2 is 1.05 bits per heavy atom. The highest BCUT2D eigenvalue weighted by Crippen LogP contribution is 2.03. The van der Waals surface area contributed by atoms with Crippen molar-refractivity contribution >= 4 is 46.7 Å². The third-order valence-electron chi connectivity index (χ3n) is 2.10. The third-order valence-corrected chi connectivity index (χ3v) is 2.69. The summed E-state index contributed by atoms with van der Waals surface area (Å²) in [7, 11) is 0. The van der Waals surface area contributed by atoms with Crippen molar-refractivity contribution in [1.29, 1.82) is 0 Å². The predicted octanol–water partition coefficient (Wildman–Crippen LogP) is 1.25. The number of alkyl halides is 2. The first kappa shape index (κ1) is 18.9. The summed E-state index contributed by atoms with van der Waals surface area (Å²) in [6.07, 6.45) is 1.05. The maximum absolute atomic E-state index is 11.2. The van der Waals surface area contributed by atoms with Crippen LogP contribution in [0.25, 0.3) is 0 Å². The Morgan fingerprint density at radius 3 is 1.35 bits per heavy atom. The number of ether oxygens (including phenoxy) is 2. The molecule has 114 valence electrons. The van der Waals surface area contributed by atoms with E-state index in [2.05, 4.69) is 9.47 Å². The fraction of sp³-hybridized carbons (Fsp3) is 0.667. The van der Waals surface area contributed by atoms with Crippen LogP contribution in [-0.2, 0) is 28.7 Å². The molecule has 0 aromatic rings. The number of Topliss-reactive ketones (excluding diaryl/α,β-unsaturated/α-hetero) is 2. The lowest BCUT2D eigenvalue weighted by atomic mass is 10.2. The van der Waals surface area contributed by atoms with Gasteiger partial charge in [-0.05, 0) is 12.8 Å².